The zero-order valence-electron chi connectivity index (χ0n) is 12.1. The molecule has 21 heavy (non-hydrogen) atoms. The van der Waals surface area contributed by atoms with Crippen LogP contribution < -0.4 is 11.4 Å². The molecule has 0 saturated heterocycles. The SMILES string of the molecule is CCC(N)Cc1c(F)cccc1Sc1n[nH]c(=O)n1CC. The largest absolute Gasteiger partial charge is 0.343 e. The minimum Gasteiger partial charge on any atom is -0.327 e. The quantitative estimate of drug-likeness (QED) is 0.857. The molecule has 0 aliphatic carbocycles. The predicted octanol–water partition coefficient (Wildman–Crippen LogP) is 2.16. The van der Waals surface area contributed by atoms with Gasteiger partial charge < -0.3 is 5.73 Å². The van der Waals surface area contributed by atoms with E-state index < -0.39 is 0 Å². The molecule has 1 heterocycles. The molecule has 2 aromatic rings. The molecular weight excluding hydrogens is 291 g/mol. The van der Waals surface area contributed by atoms with Crippen molar-refractivity contribution in [1.82, 2.24) is 14.8 Å². The van der Waals surface area contributed by atoms with E-state index in [2.05, 4.69) is 10.2 Å². The maximum Gasteiger partial charge on any atom is 0.343 e. The summed E-state index contributed by atoms with van der Waals surface area (Å²) in [6.07, 6.45) is 1.24. The highest BCUT2D eigenvalue weighted by Crippen LogP contribution is 2.30. The van der Waals surface area contributed by atoms with Gasteiger partial charge in [-0.3, -0.25) is 4.57 Å². The highest BCUT2D eigenvalue weighted by atomic mass is 32.2. The molecule has 1 atom stereocenters. The third-order valence-electron chi connectivity index (χ3n) is 3.31. The Morgan fingerprint density at radius 2 is 2.24 bits per heavy atom. The van der Waals surface area contributed by atoms with Crippen molar-refractivity contribution in [3.63, 3.8) is 0 Å². The van der Waals surface area contributed by atoms with Gasteiger partial charge in [0.25, 0.3) is 0 Å². The van der Waals surface area contributed by atoms with Gasteiger partial charge in [0, 0.05) is 23.0 Å². The third-order valence-corrected chi connectivity index (χ3v) is 4.40. The molecule has 0 fully saturated rings. The summed E-state index contributed by atoms with van der Waals surface area (Å²) in [4.78, 5) is 12.3. The second-order valence-corrected chi connectivity index (χ2v) is 5.76. The summed E-state index contributed by atoms with van der Waals surface area (Å²) in [5, 5.41) is 6.93. The summed E-state index contributed by atoms with van der Waals surface area (Å²) in [6.45, 7) is 4.35. The lowest BCUT2D eigenvalue weighted by Gasteiger charge is -2.13. The van der Waals surface area contributed by atoms with E-state index in [0.29, 0.717) is 23.7 Å². The molecule has 0 aliphatic rings. The number of halogens is 1. The van der Waals surface area contributed by atoms with Gasteiger partial charge in [0.1, 0.15) is 5.82 Å². The van der Waals surface area contributed by atoms with Crippen LogP contribution in [-0.2, 0) is 13.0 Å². The lowest BCUT2D eigenvalue weighted by Crippen LogP contribution is -2.22. The second-order valence-electron chi connectivity index (χ2n) is 4.75. The molecule has 5 nitrogen and oxygen atoms in total. The molecule has 1 unspecified atom stereocenters. The fraction of sp³-hybridized carbons (Fsp3) is 0.429. The molecule has 0 spiro atoms. The average Bonchev–Trinajstić information content (AvgIpc) is 2.82. The average molecular weight is 310 g/mol. The van der Waals surface area contributed by atoms with Crippen LogP contribution in [0.5, 0.6) is 0 Å². The second kappa shape index (κ2) is 6.91. The molecule has 2 rings (SSSR count). The van der Waals surface area contributed by atoms with Crippen LogP contribution in [0.1, 0.15) is 25.8 Å². The summed E-state index contributed by atoms with van der Waals surface area (Å²) in [5.41, 5.74) is 6.26. The maximum atomic E-state index is 14.1. The Morgan fingerprint density at radius 1 is 1.48 bits per heavy atom. The summed E-state index contributed by atoms with van der Waals surface area (Å²) in [6, 6.07) is 4.82. The highest BCUT2D eigenvalue weighted by Gasteiger charge is 2.15. The van der Waals surface area contributed by atoms with Gasteiger partial charge >= 0.3 is 5.69 Å². The Labute approximate surface area is 126 Å². The minimum absolute atomic E-state index is 0.0891. The molecule has 0 amide bonds. The fourth-order valence-electron chi connectivity index (χ4n) is 2.00. The Kier molecular flexibility index (Phi) is 5.19. The number of aromatic nitrogens is 3. The van der Waals surface area contributed by atoms with Gasteiger partial charge in [-0.15, -0.1) is 5.10 Å². The van der Waals surface area contributed by atoms with Crippen molar-refractivity contribution < 1.29 is 4.39 Å². The van der Waals surface area contributed by atoms with E-state index in [1.54, 1.807) is 6.07 Å². The van der Waals surface area contributed by atoms with E-state index in [9.17, 15) is 9.18 Å². The summed E-state index contributed by atoms with van der Waals surface area (Å²) < 4.78 is 15.6. The minimum atomic E-state index is -0.273. The number of nitrogens with one attached hydrogen (secondary N) is 1. The normalized spacial score (nSPS) is 12.6. The van der Waals surface area contributed by atoms with Crippen LogP contribution in [0.15, 0.2) is 33.0 Å². The van der Waals surface area contributed by atoms with Gasteiger partial charge in [0.2, 0.25) is 0 Å². The van der Waals surface area contributed by atoms with E-state index >= 15 is 0 Å². The molecule has 0 saturated carbocycles. The van der Waals surface area contributed by atoms with Crippen molar-refractivity contribution in [2.45, 2.75) is 49.3 Å². The van der Waals surface area contributed by atoms with Crippen molar-refractivity contribution in [3.05, 3.63) is 40.1 Å². The Morgan fingerprint density at radius 3 is 2.90 bits per heavy atom. The number of benzene rings is 1. The molecule has 0 radical (unpaired) electrons. The standard InChI is InChI=1S/C14H19FN4OS/c1-3-9(16)8-10-11(15)6-5-7-12(10)21-14-18-17-13(20)19(14)4-2/h5-7,9H,3-4,8,16H2,1-2H3,(H,17,20). The molecule has 0 bridgehead atoms. The van der Waals surface area contributed by atoms with Crippen LogP contribution in [0, 0.1) is 5.82 Å². The number of hydrogen-bond donors (Lipinski definition) is 2. The number of hydrogen-bond acceptors (Lipinski definition) is 4. The van der Waals surface area contributed by atoms with Crippen LogP contribution in [-0.4, -0.2) is 20.8 Å². The molecular formula is C14H19FN4OS. The zero-order chi connectivity index (χ0) is 15.4. The number of aromatic amines is 1. The number of nitrogens with zero attached hydrogens (tertiary/aromatic N) is 2. The van der Waals surface area contributed by atoms with E-state index in [-0.39, 0.29) is 17.5 Å². The van der Waals surface area contributed by atoms with Crippen molar-refractivity contribution in [2.75, 3.05) is 0 Å². The first-order valence-electron chi connectivity index (χ1n) is 6.92. The van der Waals surface area contributed by atoms with Crippen LogP contribution in [0.25, 0.3) is 0 Å². The monoisotopic (exact) mass is 310 g/mol. The summed E-state index contributed by atoms with van der Waals surface area (Å²) in [7, 11) is 0. The number of H-pyrrole nitrogens is 1. The Hall–Kier alpha value is -1.60. The van der Waals surface area contributed by atoms with E-state index in [1.807, 2.05) is 19.9 Å². The first-order valence-corrected chi connectivity index (χ1v) is 7.74. The molecule has 0 aliphatic heterocycles. The number of nitrogens with two attached hydrogens (primary N) is 1. The molecule has 3 N–H and O–H groups in total. The van der Waals surface area contributed by atoms with Crippen LogP contribution in [0.3, 0.4) is 0 Å². The zero-order valence-corrected chi connectivity index (χ0v) is 12.9. The molecule has 7 heteroatoms. The summed E-state index contributed by atoms with van der Waals surface area (Å²) >= 11 is 1.28. The van der Waals surface area contributed by atoms with Crippen molar-refractivity contribution in [2.24, 2.45) is 5.73 Å². The van der Waals surface area contributed by atoms with Gasteiger partial charge in [0.05, 0.1) is 0 Å². The third kappa shape index (κ3) is 3.54. The summed E-state index contributed by atoms with van der Waals surface area (Å²) in [5.74, 6) is -0.273. The predicted molar refractivity (Wildman–Crippen MR) is 81.0 cm³/mol. The van der Waals surface area contributed by atoms with Crippen molar-refractivity contribution in [1.29, 1.82) is 0 Å². The fourth-order valence-corrected chi connectivity index (χ4v) is 3.06. The van der Waals surface area contributed by atoms with Crippen LogP contribution in [0.4, 0.5) is 4.39 Å². The van der Waals surface area contributed by atoms with E-state index in [4.69, 9.17) is 5.73 Å². The Balaban J connectivity index is 2.35. The topological polar surface area (TPSA) is 76.7 Å². The molecule has 1 aromatic heterocycles. The lowest BCUT2D eigenvalue weighted by molar-refractivity contribution is 0.571. The van der Waals surface area contributed by atoms with Crippen molar-refractivity contribution >= 4 is 11.8 Å². The molecule has 1 aromatic carbocycles. The van der Waals surface area contributed by atoms with Gasteiger partial charge in [-0.2, -0.15) is 0 Å². The smallest absolute Gasteiger partial charge is 0.327 e. The van der Waals surface area contributed by atoms with E-state index in [0.717, 1.165) is 11.3 Å². The van der Waals surface area contributed by atoms with Gasteiger partial charge in [-0.1, -0.05) is 13.0 Å². The van der Waals surface area contributed by atoms with Gasteiger partial charge in [0.15, 0.2) is 5.16 Å². The first kappa shape index (κ1) is 15.8. The Bertz CT molecular complexity index is 667. The van der Waals surface area contributed by atoms with Gasteiger partial charge in [-0.05, 0) is 43.7 Å². The first-order chi connectivity index (χ1) is 10.1. The lowest BCUT2D eigenvalue weighted by atomic mass is 10.0. The maximum absolute atomic E-state index is 14.1. The highest BCUT2D eigenvalue weighted by molar-refractivity contribution is 7.99. The van der Waals surface area contributed by atoms with E-state index in [1.165, 1.54) is 22.4 Å². The number of rotatable bonds is 6. The van der Waals surface area contributed by atoms with Crippen LogP contribution >= 0.6 is 11.8 Å². The van der Waals surface area contributed by atoms with Gasteiger partial charge in [-0.25, -0.2) is 14.3 Å². The molecule has 114 valence electrons. The van der Waals surface area contributed by atoms with Crippen molar-refractivity contribution in [3.8, 4) is 0 Å². The van der Waals surface area contributed by atoms with Crippen LogP contribution in [0.2, 0.25) is 0 Å².